The van der Waals surface area contributed by atoms with Gasteiger partial charge < -0.3 is 9.47 Å². The summed E-state index contributed by atoms with van der Waals surface area (Å²) in [6, 6.07) is 11.2. The molecular weight excluding hydrogens is 384 g/mol. The fourth-order valence-corrected chi connectivity index (χ4v) is 2.76. The van der Waals surface area contributed by atoms with Crippen molar-refractivity contribution < 1.29 is 19.2 Å². The maximum absolute atomic E-state index is 12.2. The van der Waals surface area contributed by atoms with E-state index in [0.29, 0.717) is 17.9 Å². The first kappa shape index (κ1) is 19.6. The van der Waals surface area contributed by atoms with Gasteiger partial charge in [-0.2, -0.15) is 0 Å². The Balaban J connectivity index is 1.84. The molecule has 0 fully saturated rings. The minimum atomic E-state index is -0.623. The van der Waals surface area contributed by atoms with E-state index in [9.17, 15) is 14.9 Å². The lowest BCUT2D eigenvalue weighted by atomic mass is 10.2. The third-order valence-electron chi connectivity index (χ3n) is 3.94. The minimum absolute atomic E-state index is 0.00602. The van der Waals surface area contributed by atoms with Gasteiger partial charge in [-0.3, -0.25) is 10.1 Å². The van der Waals surface area contributed by atoms with E-state index in [0.717, 1.165) is 18.4 Å². The fraction of sp³-hybridized carbons (Fsp3) is 0.200. The molecule has 0 aliphatic carbocycles. The number of esters is 1. The van der Waals surface area contributed by atoms with E-state index in [2.05, 4.69) is 11.9 Å². The second-order valence-corrected chi connectivity index (χ2v) is 6.44. The Morgan fingerprint density at radius 2 is 2.11 bits per heavy atom. The smallest absolute Gasteiger partial charge is 0.363 e. The van der Waals surface area contributed by atoms with Crippen LogP contribution < -0.4 is 4.74 Å². The van der Waals surface area contributed by atoms with Crippen LogP contribution in [0.5, 0.6) is 5.75 Å². The van der Waals surface area contributed by atoms with E-state index in [1.165, 1.54) is 18.2 Å². The summed E-state index contributed by atoms with van der Waals surface area (Å²) in [6.07, 6.45) is 3.58. The third-order valence-corrected chi connectivity index (χ3v) is 4.26. The molecule has 2 aromatic carbocycles. The van der Waals surface area contributed by atoms with E-state index in [1.54, 1.807) is 6.08 Å². The van der Waals surface area contributed by atoms with Gasteiger partial charge >= 0.3 is 5.97 Å². The maximum atomic E-state index is 12.2. The lowest BCUT2D eigenvalue weighted by Gasteiger charge is -2.05. The number of carbonyl (C=O) groups is 1. The largest absolute Gasteiger partial charge is 0.494 e. The van der Waals surface area contributed by atoms with Gasteiger partial charge in [0.1, 0.15) is 5.75 Å². The molecule has 2 aromatic rings. The molecule has 0 atom stereocenters. The summed E-state index contributed by atoms with van der Waals surface area (Å²) in [6.45, 7) is 2.71. The summed E-state index contributed by atoms with van der Waals surface area (Å²) in [7, 11) is 0. The number of hydrogen-bond donors (Lipinski definition) is 0. The fourth-order valence-electron chi connectivity index (χ4n) is 2.50. The molecule has 0 N–H and O–H groups in total. The Morgan fingerprint density at radius 1 is 1.29 bits per heavy atom. The normalized spacial score (nSPS) is 14.7. The molecule has 0 saturated heterocycles. The van der Waals surface area contributed by atoms with E-state index >= 15 is 0 Å². The lowest BCUT2D eigenvalue weighted by molar-refractivity contribution is -0.384. The maximum Gasteiger partial charge on any atom is 0.363 e. The second kappa shape index (κ2) is 8.67. The molecule has 0 bridgehead atoms. The molecule has 0 unspecified atom stereocenters. The van der Waals surface area contributed by atoms with Crippen molar-refractivity contribution in [2.75, 3.05) is 6.61 Å². The highest BCUT2D eigenvalue weighted by Gasteiger charge is 2.26. The van der Waals surface area contributed by atoms with Crippen LogP contribution in [-0.4, -0.2) is 23.4 Å². The molecule has 1 heterocycles. The van der Waals surface area contributed by atoms with Crippen LogP contribution in [0.4, 0.5) is 5.69 Å². The van der Waals surface area contributed by atoms with Crippen LogP contribution >= 0.6 is 11.6 Å². The Labute approximate surface area is 166 Å². The number of nitrogens with zero attached hydrogens (tertiary/aromatic N) is 2. The molecule has 7 nitrogen and oxygen atoms in total. The number of aliphatic imine (C=N–C) groups is 1. The zero-order valence-corrected chi connectivity index (χ0v) is 15.8. The predicted molar refractivity (Wildman–Crippen MR) is 106 cm³/mol. The monoisotopic (exact) mass is 400 g/mol. The van der Waals surface area contributed by atoms with Crippen LogP contribution in [-0.2, 0) is 9.53 Å². The zero-order valence-electron chi connectivity index (χ0n) is 15.1. The molecule has 0 saturated carbocycles. The number of non-ortho nitro benzene ring substituents is 1. The van der Waals surface area contributed by atoms with Crippen LogP contribution in [0.15, 0.2) is 53.2 Å². The third kappa shape index (κ3) is 4.55. The zero-order chi connectivity index (χ0) is 20.1. The Morgan fingerprint density at radius 3 is 2.82 bits per heavy atom. The molecule has 144 valence electrons. The van der Waals surface area contributed by atoms with Crippen molar-refractivity contribution in [2.24, 2.45) is 4.99 Å². The quantitative estimate of drug-likeness (QED) is 0.219. The van der Waals surface area contributed by atoms with E-state index in [1.807, 2.05) is 24.3 Å². The Kier molecular flexibility index (Phi) is 6.06. The summed E-state index contributed by atoms with van der Waals surface area (Å²) in [4.78, 5) is 26.6. The van der Waals surface area contributed by atoms with Crippen LogP contribution in [0.1, 0.15) is 30.9 Å². The second-order valence-electron chi connectivity index (χ2n) is 6.03. The van der Waals surface area contributed by atoms with Gasteiger partial charge in [0.15, 0.2) is 5.70 Å². The topological polar surface area (TPSA) is 91.0 Å². The van der Waals surface area contributed by atoms with Crippen molar-refractivity contribution in [1.82, 2.24) is 0 Å². The first-order chi connectivity index (χ1) is 13.5. The molecule has 3 rings (SSSR count). The number of carbonyl (C=O) groups excluding carboxylic acids is 1. The molecule has 0 spiro atoms. The van der Waals surface area contributed by atoms with Gasteiger partial charge in [0.25, 0.3) is 5.69 Å². The van der Waals surface area contributed by atoms with Gasteiger partial charge in [0, 0.05) is 12.1 Å². The number of nitro groups is 1. The van der Waals surface area contributed by atoms with Crippen LogP contribution in [0, 0.1) is 10.1 Å². The van der Waals surface area contributed by atoms with E-state index < -0.39 is 10.9 Å². The molecular formula is C20H17ClN2O5. The number of hydrogen-bond acceptors (Lipinski definition) is 6. The van der Waals surface area contributed by atoms with Crippen molar-refractivity contribution in [2.45, 2.75) is 19.8 Å². The highest BCUT2D eigenvalue weighted by atomic mass is 35.5. The molecule has 0 amide bonds. The van der Waals surface area contributed by atoms with Gasteiger partial charge in [-0.15, -0.1) is 0 Å². The number of rotatable bonds is 7. The lowest BCUT2D eigenvalue weighted by Crippen LogP contribution is -2.06. The number of ether oxygens (including phenoxy) is 2. The van der Waals surface area contributed by atoms with Crippen LogP contribution in [0.25, 0.3) is 6.08 Å². The number of cyclic esters (lactones) is 1. The molecule has 8 heteroatoms. The van der Waals surface area contributed by atoms with Gasteiger partial charge in [-0.25, -0.2) is 9.79 Å². The van der Waals surface area contributed by atoms with E-state index in [-0.39, 0.29) is 22.3 Å². The Bertz CT molecular complexity index is 984. The van der Waals surface area contributed by atoms with Crippen LogP contribution in [0.3, 0.4) is 0 Å². The summed E-state index contributed by atoms with van der Waals surface area (Å²) < 4.78 is 10.8. The number of nitro benzene ring substituents is 1. The molecule has 1 aliphatic heterocycles. The van der Waals surface area contributed by atoms with Crippen molar-refractivity contribution in [3.8, 4) is 5.75 Å². The summed E-state index contributed by atoms with van der Waals surface area (Å²) in [5.74, 6) is 0.0880. The van der Waals surface area contributed by atoms with E-state index in [4.69, 9.17) is 21.1 Å². The van der Waals surface area contributed by atoms with Crippen molar-refractivity contribution in [1.29, 1.82) is 0 Å². The predicted octanol–water partition coefficient (Wildman–Crippen LogP) is 4.77. The van der Waals surface area contributed by atoms with Gasteiger partial charge in [-0.1, -0.05) is 37.1 Å². The molecule has 1 aliphatic rings. The summed E-state index contributed by atoms with van der Waals surface area (Å²) in [5, 5.41) is 10.9. The average Bonchev–Trinajstić information content (AvgIpc) is 3.02. The van der Waals surface area contributed by atoms with Crippen molar-refractivity contribution in [3.05, 3.63) is 74.4 Å². The first-order valence-electron chi connectivity index (χ1n) is 8.67. The highest BCUT2D eigenvalue weighted by molar-refractivity contribution is 6.34. The van der Waals surface area contributed by atoms with Crippen molar-refractivity contribution >= 4 is 35.2 Å². The van der Waals surface area contributed by atoms with Gasteiger partial charge in [-0.05, 0) is 36.3 Å². The van der Waals surface area contributed by atoms with Crippen LogP contribution in [0.2, 0.25) is 5.02 Å². The van der Waals surface area contributed by atoms with Gasteiger partial charge in [0.2, 0.25) is 5.90 Å². The highest BCUT2D eigenvalue weighted by Crippen LogP contribution is 2.27. The standard InChI is InChI=1S/C20H17ClN2O5/c1-2-3-9-27-15-6-4-5-13(10-15)11-18-20(24)28-19(22-18)16-8-7-14(23(25)26)12-17(16)21/h4-8,10-12H,2-3,9H2,1H3/b18-11+. The SMILES string of the molecule is CCCCOc1cccc(/C=C2/N=C(c3ccc([N+](=O)[O-])cc3Cl)OC2=O)c1. The molecule has 0 aromatic heterocycles. The molecule has 0 radical (unpaired) electrons. The Hall–Kier alpha value is -3.19. The number of benzene rings is 2. The summed E-state index contributed by atoms with van der Waals surface area (Å²) >= 11 is 6.08. The number of halogens is 1. The number of unbranched alkanes of at least 4 members (excludes halogenated alkanes) is 1. The molecule has 28 heavy (non-hydrogen) atoms. The summed E-state index contributed by atoms with van der Waals surface area (Å²) in [5.41, 5.74) is 0.992. The first-order valence-corrected chi connectivity index (χ1v) is 9.05. The van der Waals surface area contributed by atoms with Gasteiger partial charge in [0.05, 0.1) is 22.1 Å². The minimum Gasteiger partial charge on any atom is -0.494 e. The average molecular weight is 401 g/mol. The van der Waals surface area contributed by atoms with Crippen molar-refractivity contribution in [3.63, 3.8) is 0 Å².